The molecule has 1 heterocycles. The van der Waals surface area contributed by atoms with E-state index >= 15 is 0 Å². The Bertz CT molecular complexity index is 375. The molecule has 0 aliphatic rings. The quantitative estimate of drug-likeness (QED) is 0.815. The van der Waals surface area contributed by atoms with Gasteiger partial charge in [0, 0.05) is 17.8 Å². The second-order valence-electron chi connectivity index (χ2n) is 3.28. The van der Waals surface area contributed by atoms with Gasteiger partial charge in [-0.2, -0.15) is 0 Å². The second kappa shape index (κ2) is 4.40. The van der Waals surface area contributed by atoms with E-state index in [0.29, 0.717) is 6.54 Å². The third-order valence-corrected chi connectivity index (χ3v) is 3.09. The minimum absolute atomic E-state index is 0.624. The van der Waals surface area contributed by atoms with Gasteiger partial charge in [0.15, 0.2) is 0 Å². The predicted molar refractivity (Wildman–Crippen MR) is 61.5 cm³/mol. The lowest BCUT2D eigenvalue weighted by molar-refractivity contribution is 1.06. The van der Waals surface area contributed by atoms with Gasteiger partial charge in [-0.25, -0.2) is 0 Å². The zero-order valence-corrected chi connectivity index (χ0v) is 8.76. The maximum atomic E-state index is 5.54. The third kappa shape index (κ3) is 2.22. The van der Waals surface area contributed by atoms with E-state index in [9.17, 15) is 0 Å². The van der Waals surface area contributed by atoms with Gasteiger partial charge < -0.3 is 5.73 Å². The first-order chi connectivity index (χ1) is 6.88. The number of nitrogens with two attached hydrogens (primary N) is 1. The summed E-state index contributed by atoms with van der Waals surface area (Å²) < 4.78 is 0. The lowest BCUT2D eigenvalue weighted by Crippen LogP contribution is -1.95. The second-order valence-corrected chi connectivity index (χ2v) is 4.31. The largest absolute Gasteiger partial charge is 0.326 e. The highest BCUT2D eigenvalue weighted by Gasteiger charge is 1.96. The van der Waals surface area contributed by atoms with Crippen LogP contribution < -0.4 is 5.73 Å². The maximum Gasteiger partial charge on any atom is 0.0178 e. The van der Waals surface area contributed by atoms with Crippen molar-refractivity contribution in [1.29, 1.82) is 0 Å². The number of rotatable bonds is 3. The Morgan fingerprint density at radius 1 is 1.00 bits per heavy atom. The molecule has 2 heteroatoms. The van der Waals surface area contributed by atoms with E-state index in [4.69, 9.17) is 5.73 Å². The van der Waals surface area contributed by atoms with Gasteiger partial charge >= 0.3 is 0 Å². The SMILES string of the molecule is NCc1ccc(Cc2cccs2)cc1. The molecular weight excluding hydrogens is 190 g/mol. The van der Waals surface area contributed by atoms with Crippen LogP contribution in [0.15, 0.2) is 41.8 Å². The minimum atomic E-state index is 0.624. The van der Waals surface area contributed by atoms with Crippen LogP contribution in [-0.4, -0.2) is 0 Å². The first kappa shape index (κ1) is 9.44. The fraction of sp³-hybridized carbons (Fsp3) is 0.167. The molecule has 2 aromatic rings. The number of hydrogen-bond donors (Lipinski definition) is 1. The van der Waals surface area contributed by atoms with Crippen LogP contribution in [0.1, 0.15) is 16.0 Å². The molecule has 0 atom stereocenters. The Morgan fingerprint density at radius 2 is 1.71 bits per heavy atom. The van der Waals surface area contributed by atoms with Crippen molar-refractivity contribution in [3.8, 4) is 0 Å². The average Bonchev–Trinajstić information content (AvgIpc) is 2.72. The molecule has 72 valence electrons. The van der Waals surface area contributed by atoms with Crippen LogP contribution in [0.25, 0.3) is 0 Å². The van der Waals surface area contributed by atoms with Crippen LogP contribution in [-0.2, 0) is 13.0 Å². The molecule has 0 aliphatic carbocycles. The van der Waals surface area contributed by atoms with Crippen LogP contribution >= 0.6 is 11.3 Å². The number of thiophene rings is 1. The van der Waals surface area contributed by atoms with E-state index in [0.717, 1.165) is 6.42 Å². The van der Waals surface area contributed by atoms with E-state index in [2.05, 4.69) is 41.8 Å². The van der Waals surface area contributed by atoms with E-state index in [1.54, 1.807) is 11.3 Å². The third-order valence-electron chi connectivity index (χ3n) is 2.22. The molecule has 1 aromatic carbocycles. The van der Waals surface area contributed by atoms with Crippen molar-refractivity contribution in [2.45, 2.75) is 13.0 Å². The van der Waals surface area contributed by atoms with Gasteiger partial charge in [-0.3, -0.25) is 0 Å². The lowest BCUT2D eigenvalue weighted by Gasteiger charge is -2.00. The smallest absolute Gasteiger partial charge is 0.0178 e. The predicted octanol–water partition coefficient (Wildman–Crippen LogP) is 2.80. The molecule has 1 aromatic heterocycles. The van der Waals surface area contributed by atoms with E-state index in [1.165, 1.54) is 16.0 Å². The van der Waals surface area contributed by atoms with Crippen molar-refractivity contribution < 1.29 is 0 Å². The van der Waals surface area contributed by atoms with E-state index in [-0.39, 0.29) is 0 Å². The Hall–Kier alpha value is -1.12. The van der Waals surface area contributed by atoms with Gasteiger partial charge in [-0.1, -0.05) is 30.3 Å². The average molecular weight is 203 g/mol. The Balaban J connectivity index is 2.10. The van der Waals surface area contributed by atoms with Gasteiger partial charge in [-0.15, -0.1) is 11.3 Å². The van der Waals surface area contributed by atoms with Crippen LogP contribution in [0.3, 0.4) is 0 Å². The first-order valence-electron chi connectivity index (χ1n) is 4.69. The van der Waals surface area contributed by atoms with Crippen molar-refractivity contribution in [3.05, 3.63) is 57.8 Å². The van der Waals surface area contributed by atoms with Crippen molar-refractivity contribution in [2.24, 2.45) is 5.73 Å². The standard InChI is InChI=1S/C12H13NS/c13-9-11-5-3-10(4-6-11)8-12-2-1-7-14-12/h1-7H,8-9,13H2. The van der Waals surface area contributed by atoms with Gasteiger partial charge in [0.1, 0.15) is 0 Å². The summed E-state index contributed by atoms with van der Waals surface area (Å²) in [4.78, 5) is 1.41. The Kier molecular flexibility index (Phi) is 2.96. The van der Waals surface area contributed by atoms with Gasteiger partial charge in [0.2, 0.25) is 0 Å². The van der Waals surface area contributed by atoms with Crippen molar-refractivity contribution in [3.63, 3.8) is 0 Å². The lowest BCUT2D eigenvalue weighted by atomic mass is 10.1. The zero-order valence-electron chi connectivity index (χ0n) is 7.94. The van der Waals surface area contributed by atoms with Crippen LogP contribution in [0.5, 0.6) is 0 Å². The van der Waals surface area contributed by atoms with Crippen LogP contribution in [0.2, 0.25) is 0 Å². The molecule has 0 bridgehead atoms. The summed E-state index contributed by atoms with van der Waals surface area (Å²) in [5.74, 6) is 0. The normalized spacial score (nSPS) is 10.4. The molecular formula is C12H13NS. The zero-order chi connectivity index (χ0) is 9.80. The summed E-state index contributed by atoms with van der Waals surface area (Å²) in [6, 6.07) is 12.8. The first-order valence-corrected chi connectivity index (χ1v) is 5.57. The highest BCUT2D eigenvalue weighted by molar-refractivity contribution is 7.09. The van der Waals surface area contributed by atoms with Crippen molar-refractivity contribution in [1.82, 2.24) is 0 Å². The van der Waals surface area contributed by atoms with Crippen LogP contribution in [0.4, 0.5) is 0 Å². The molecule has 0 radical (unpaired) electrons. The monoisotopic (exact) mass is 203 g/mol. The topological polar surface area (TPSA) is 26.0 Å². The maximum absolute atomic E-state index is 5.54. The molecule has 2 rings (SSSR count). The fourth-order valence-corrected chi connectivity index (χ4v) is 2.15. The summed E-state index contributed by atoms with van der Waals surface area (Å²) in [6.07, 6.45) is 1.03. The molecule has 0 aliphatic heterocycles. The van der Waals surface area contributed by atoms with Gasteiger partial charge in [-0.05, 0) is 22.6 Å². The minimum Gasteiger partial charge on any atom is -0.326 e. The summed E-state index contributed by atoms with van der Waals surface area (Å²) in [5.41, 5.74) is 8.08. The van der Waals surface area contributed by atoms with Gasteiger partial charge in [0.25, 0.3) is 0 Å². The summed E-state index contributed by atoms with van der Waals surface area (Å²) in [7, 11) is 0. The van der Waals surface area contributed by atoms with Gasteiger partial charge in [0.05, 0.1) is 0 Å². The number of hydrogen-bond acceptors (Lipinski definition) is 2. The van der Waals surface area contributed by atoms with E-state index in [1.807, 2.05) is 0 Å². The molecule has 14 heavy (non-hydrogen) atoms. The molecule has 0 unspecified atom stereocenters. The number of benzene rings is 1. The molecule has 2 N–H and O–H groups in total. The fourth-order valence-electron chi connectivity index (χ4n) is 1.41. The highest BCUT2D eigenvalue weighted by Crippen LogP contribution is 2.15. The summed E-state index contributed by atoms with van der Waals surface area (Å²) >= 11 is 1.80. The van der Waals surface area contributed by atoms with Crippen molar-refractivity contribution >= 4 is 11.3 Å². The Morgan fingerprint density at radius 3 is 2.29 bits per heavy atom. The molecule has 0 fully saturated rings. The summed E-state index contributed by atoms with van der Waals surface area (Å²) in [5, 5.41) is 2.11. The molecule has 0 spiro atoms. The Labute approximate surface area is 88.2 Å². The summed E-state index contributed by atoms with van der Waals surface area (Å²) in [6.45, 7) is 0.624. The highest BCUT2D eigenvalue weighted by atomic mass is 32.1. The molecule has 1 nitrogen and oxygen atoms in total. The molecule has 0 saturated carbocycles. The van der Waals surface area contributed by atoms with E-state index < -0.39 is 0 Å². The molecule has 0 saturated heterocycles. The molecule has 0 amide bonds. The van der Waals surface area contributed by atoms with Crippen molar-refractivity contribution in [2.75, 3.05) is 0 Å². The van der Waals surface area contributed by atoms with Crippen LogP contribution in [0, 0.1) is 0 Å².